The maximum Gasteiger partial charge on any atom is 0.223 e. The Morgan fingerprint density at radius 1 is 1.08 bits per heavy atom. The number of nitrogens with zero attached hydrogens (tertiary/aromatic N) is 1. The molecule has 0 aromatic rings. The molecule has 0 aromatic heterocycles. The molecule has 2 saturated carbocycles. The largest absolute Gasteiger partial charge is 0.376 e. The van der Waals surface area contributed by atoms with Gasteiger partial charge in [-0.1, -0.05) is 12.8 Å². The molecule has 0 spiro atoms. The zero-order chi connectivity index (χ0) is 25.1. The number of nitrogens with one attached hydrogen (secondary N) is 3. The lowest BCUT2D eigenvalue weighted by Gasteiger charge is -2.44. The minimum absolute atomic E-state index is 0.0495. The first kappa shape index (κ1) is 27.1. The normalized spacial score (nSPS) is 43.0. The second-order valence-corrected chi connectivity index (χ2v) is 12.2. The van der Waals surface area contributed by atoms with Crippen LogP contribution in [0.4, 0.5) is 0 Å². The second-order valence-electron chi connectivity index (χ2n) is 11.7. The van der Waals surface area contributed by atoms with Crippen molar-refractivity contribution in [3.05, 3.63) is 0 Å². The Balaban J connectivity index is 1.10. The predicted octanol–water partition coefficient (Wildman–Crippen LogP) is 0.696. The van der Waals surface area contributed by atoms with E-state index in [0.717, 1.165) is 77.4 Å². The lowest BCUT2D eigenvalue weighted by atomic mass is 9.78. The lowest BCUT2D eigenvalue weighted by Crippen LogP contribution is -2.61. The highest BCUT2D eigenvalue weighted by atomic mass is 35.5. The number of hydrogen-bond donors (Lipinski definition) is 5. The average Bonchev–Trinajstić information content (AvgIpc) is 3.07. The van der Waals surface area contributed by atoms with E-state index in [1.807, 2.05) is 0 Å². The van der Waals surface area contributed by atoms with Gasteiger partial charge in [-0.25, -0.2) is 0 Å². The summed E-state index contributed by atoms with van der Waals surface area (Å²) in [4.78, 5) is 15.5. The number of rotatable bonds is 6. The molecule has 5 aliphatic rings. The molecule has 36 heavy (non-hydrogen) atoms. The summed E-state index contributed by atoms with van der Waals surface area (Å²) in [6.07, 6.45) is 9.08. The van der Waals surface area contributed by atoms with Crippen molar-refractivity contribution in [2.24, 2.45) is 29.2 Å². The minimum atomic E-state index is -0.166. The van der Waals surface area contributed by atoms with Crippen molar-refractivity contribution in [1.82, 2.24) is 20.9 Å². The predicted molar refractivity (Wildman–Crippen MR) is 140 cm³/mol. The molecule has 10 heteroatoms. The van der Waals surface area contributed by atoms with Crippen LogP contribution >= 0.6 is 11.6 Å². The maximum atomic E-state index is 13.3. The summed E-state index contributed by atoms with van der Waals surface area (Å²) in [6, 6.07) is 0.487. The molecule has 3 heterocycles. The SMILES string of the molecule is NC(CNC1CCCC(C(=O)N[C@@H]2CCOC3C(Cl)CCCC32)C1)N1CCOC2CNCCC2C1N. The highest BCUT2D eigenvalue weighted by Gasteiger charge is 2.42. The molecule has 1 amide bonds. The number of fused-ring (bicyclic) bond motifs is 2. The fourth-order valence-corrected chi connectivity index (χ4v) is 7.78. The van der Waals surface area contributed by atoms with Crippen LogP contribution in [0.25, 0.3) is 0 Å². The van der Waals surface area contributed by atoms with Gasteiger partial charge >= 0.3 is 0 Å². The van der Waals surface area contributed by atoms with Crippen molar-refractivity contribution < 1.29 is 14.3 Å². The zero-order valence-electron chi connectivity index (χ0n) is 21.6. The molecule has 0 bridgehead atoms. The number of carbonyl (C=O) groups excluding carboxylic acids is 1. The summed E-state index contributed by atoms with van der Waals surface area (Å²) >= 11 is 6.55. The van der Waals surface area contributed by atoms with Crippen LogP contribution in [-0.4, -0.2) is 92.2 Å². The van der Waals surface area contributed by atoms with Gasteiger partial charge in [0.1, 0.15) is 0 Å². The fourth-order valence-electron chi connectivity index (χ4n) is 7.36. The molecule has 5 rings (SSSR count). The minimum Gasteiger partial charge on any atom is -0.376 e. The number of halogens is 1. The van der Waals surface area contributed by atoms with Gasteiger partial charge in [0, 0.05) is 56.1 Å². The van der Waals surface area contributed by atoms with Crippen LogP contribution in [-0.2, 0) is 14.3 Å². The number of hydrogen-bond acceptors (Lipinski definition) is 8. The van der Waals surface area contributed by atoms with Gasteiger partial charge in [0.25, 0.3) is 0 Å². The van der Waals surface area contributed by atoms with E-state index in [9.17, 15) is 4.79 Å². The standard InChI is InChI=1S/C26H47ClN6O3/c27-20-6-2-5-18-21(8-11-36-24(18)20)32-26(34)16-3-1-4-17(13-16)31-15-23(28)33-10-12-35-22-14-30-9-7-19(22)25(33)29/h16-25,30-31H,1-15,28-29H2,(H,32,34)/t16?,17?,18?,19?,20?,21-,22?,23?,24?,25?/m1/s1. The Labute approximate surface area is 221 Å². The van der Waals surface area contributed by atoms with Crippen LogP contribution in [0.1, 0.15) is 57.8 Å². The third-order valence-corrected chi connectivity index (χ3v) is 9.91. The molecule has 2 aliphatic carbocycles. The maximum absolute atomic E-state index is 13.3. The Bertz CT molecular complexity index is 734. The van der Waals surface area contributed by atoms with Gasteiger partial charge in [-0.15, -0.1) is 11.6 Å². The Hall–Kier alpha value is -0.520. The Kier molecular flexibility index (Phi) is 9.44. The molecular formula is C26H47ClN6O3. The van der Waals surface area contributed by atoms with E-state index >= 15 is 0 Å². The van der Waals surface area contributed by atoms with Crippen molar-refractivity contribution in [3.8, 4) is 0 Å². The Morgan fingerprint density at radius 2 is 1.94 bits per heavy atom. The summed E-state index contributed by atoms with van der Waals surface area (Å²) in [5.41, 5.74) is 13.3. The first-order valence-electron chi connectivity index (χ1n) is 14.4. The molecular weight excluding hydrogens is 480 g/mol. The lowest BCUT2D eigenvalue weighted by molar-refractivity contribution is -0.130. The Morgan fingerprint density at radius 3 is 2.83 bits per heavy atom. The molecule has 9 unspecified atom stereocenters. The summed E-state index contributed by atoms with van der Waals surface area (Å²) in [6.45, 7) is 4.62. The van der Waals surface area contributed by atoms with Crippen LogP contribution in [0.15, 0.2) is 0 Å². The molecule has 3 saturated heterocycles. The van der Waals surface area contributed by atoms with Crippen molar-refractivity contribution in [2.75, 3.05) is 39.4 Å². The third kappa shape index (κ3) is 6.20. The second kappa shape index (κ2) is 12.6. The van der Waals surface area contributed by atoms with Crippen LogP contribution in [0.3, 0.4) is 0 Å². The zero-order valence-corrected chi connectivity index (χ0v) is 22.3. The molecule has 0 aromatic carbocycles. The van der Waals surface area contributed by atoms with Crippen LogP contribution in [0.5, 0.6) is 0 Å². The van der Waals surface area contributed by atoms with Gasteiger partial charge in [-0.3, -0.25) is 9.69 Å². The molecule has 10 atom stereocenters. The van der Waals surface area contributed by atoms with E-state index in [2.05, 4.69) is 20.9 Å². The summed E-state index contributed by atoms with van der Waals surface area (Å²) in [5, 5.41) is 10.6. The van der Waals surface area contributed by atoms with E-state index in [0.29, 0.717) is 37.6 Å². The molecule has 5 fully saturated rings. The summed E-state index contributed by atoms with van der Waals surface area (Å²) < 4.78 is 12.1. The smallest absolute Gasteiger partial charge is 0.223 e. The number of ether oxygens (including phenoxy) is 2. The van der Waals surface area contributed by atoms with Gasteiger partial charge < -0.3 is 36.9 Å². The van der Waals surface area contributed by atoms with E-state index in [1.165, 1.54) is 0 Å². The van der Waals surface area contributed by atoms with Crippen LogP contribution in [0, 0.1) is 17.8 Å². The van der Waals surface area contributed by atoms with Crippen molar-refractivity contribution in [2.45, 2.75) is 99.8 Å². The highest BCUT2D eigenvalue weighted by Crippen LogP contribution is 2.37. The number of carbonyl (C=O) groups is 1. The van der Waals surface area contributed by atoms with Gasteiger partial charge in [-0.05, 0) is 51.5 Å². The quantitative estimate of drug-likeness (QED) is 0.320. The molecule has 7 N–H and O–H groups in total. The van der Waals surface area contributed by atoms with E-state index in [1.54, 1.807) is 0 Å². The molecule has 206 valence electrons. The number of nitrogens with two attached hydrogens (primary N) is 2. The van der Waals surface area contributed by atoms with Crippen molar-refractivity contribution in [1.29, 1.82) is 0 Å². The van der Waals surface area contributed by atoms with E-state index in [-0.39, 0.29) is 47.8 Å². The topological polar surface area (TPSA) is 127 Å². The van der Waals surface area contributed by atoms with Gasteiger partial charge in [0.15, 0.2) is 0 Å². The van der Waals surface area contributed by atoms with Crippen molar-refractivity contribution >= 4 is 17.5 Å². The van der Waals surface area contributed by atoms with E-state index < -0.39 is 0 Å². The summed E-state index contributed by atoms with van der Waals surface area (Å²) in [7, 11) is 0. The third-order valence-electron chi connectivity index (χ3n) is 9.45. The number of piperidine rings is 1. The number of amides is 1. The number of alkyl halides is 1. The van der Waals surface area contributed by atoms with Gasteiger partial charge in [-0.2, -0.15) is 0 Å². The molecule has 0 radical (unpaired) electrons. The van der Waals surface area contributed by atoms with Gasteiger partial charge in [0.05, 0.1) is 36.5 Å². The van der Waals surface area contributed by atoms with Crippen LogP contribution in [0.2, 0.25) is 0 Å². The van der Waals surface area contributed by atoms with Gasteiger partial charge in [0.2, 0.25) is 5.91 Å². The monoisotopic (exact) mass is 526 g/mol. The van der Waals surface area contributed by atoms with Crippen molar-refractivity contribution in [3.63, 3.8) is 0 Å². The van der Waals surface area contributed by atoms with E-state index in [4.69, 9.17) is 32.5 Å². The van der Waals surface area contributed by atoms with Crippen LogP contribution < -0.4 is 27.4 Å². The molecule has 3 aliphatic heterocycles. The summed E-state index contributed by atoms with van der Waals surface area (Å²) in [5.74, 6) is 0.909. The first-order valence-corrected chi connectivity index (χ1v) is 14.8. The fraction of sp³-hybridized carbons (Fsp3) is 0.962. The average molecular weight is 527 g/mol. The first-order chi connectivity index (χ1) is 17.5. The molecule has 9 nitrogen and oxygen atoms in total. The highest BCUT2D eigenvalue weighted by molar-refractivity contribution is 6.21.